The summed E-state index contributed by atoms with van der Waals surface area (Å²) in [6.07, 6.45) is -0.606. The lowest BCUT2D eigenvalue weighted by molar-refractivity contribution is 0.186. The molecule has 0 aliphatic rings. The van der Waals surface area contributed by atoms with Gasteiger partial charge in [-0.05, 0) is 40.7 Å². The van der Waals surface area contributed by atoms with Gasteiger partial charge in [0, 0.05) is 6.54 Å². The van der Waals surface area contributed by atoms with E-state index in [1.807, 2.05) is 12.1 Å². The molecule has 0 bridgehead atoms. The molecule has 102 valence electrons. The highest BCUT2D eigenvalue weighted by molar-refractivity contribution is 5.48. The lowest BCUT2D eigenvalue weighted by atomic mass is 9.90. The molecule has 1 atom stereocenters. The summed E-state index contributed by atoms with van der Waals surface area (Å²) in [5.41, 5.74) is 8.69. The van der Waals surface area contributed by atoms with Crippen LogP contribution in [0, 0.1) is 0 Å². The van der Waals surface area contributed by atoms with E-state index >= 15 is 0 Å². The van der Waals surface area contributed by atoms with Gasteiger partial charge in [-0.3, -0.25) is 0 Å². The highest BCUT2D eigenvalue weighted by atomic mass is 16.5. The van der Waals surface area contributed by atoms with Gasteiger partial charge in [0.05, 0.1) is 13.2 Å². The van der Waals surface area contributed by atoms with Crippen molar-refractivity contribution in [1.29, 1.82) is 0 Å². The standard InChI is InChI=1S/C15H25NO2/c1-9(2)12-6-11(14(17)8-16)7-13(10(3)4)15(12)18-5/h6-7,9-10,14,17H,8,16H2,1-5H3. The number of aliphatic hydroxyl groups is 1. The van der Waals surface area contributed by atoms with Crippen molar-refractivity contribution in [3.63, 3.8) is 0 Å². The van der Waals surface area contributed by atoms with Gasteiger partial charge >= 0.3 is 0 Å². The van der Waals surface area contributed by atoms with Crippen molar-refractivity contribution in [3.8, 4) is 5.75 Å². The van der Waals surface area contributed by atoms with Crippen molar-refractivity contribution in [1.82, 2.24) is 0 Å². The molecule has 1 aromatic rings. The van der Waals surface area contributed by atoms with Crippen LogP contribution >= 0.6 is 0 Å². The third kappa shape index (κ3) is 3.03. The minimum Gasteiger partial charge on any atom is -0.496 e. The van der Waals surface area contributed by atoms with Crippen molar-refractivity contribution in [2.24, 2.45) is 5.73 Å². The quantitative estimate of drug-likeness (QED) is 0.846. The summed E-state index contributed by atoms with van der Waals surface area (Å²) >= 11 is 0. The number of benzene rings is 1. The van der Waals surface area contributed by atoms with Crippen LogP contribution in [0.3, 0.4) is 0 Å². The molecule has 0 fully saturated rings. The Morgan fingerprint density at radius 2 is 1.56 bits per heavy atom. The first-order chi connectivity index (χ1) is 8.42. The fourth-order valence-electron chi connectivity index (χ4n) is 2.12. The number of methoxy groups -OCH3 is 1. The van der Waals surface area contributed by atoms with E-state index in [1.165, 1.54) is 0 Å². The Morgan fingerprint density at radius 3 is 1.83 bits per heavy atom. The predicted molar refractivity (Wildman–Crippen MR) is 75.2 cm³/mol. The van der Waals surface area contributed by atoms with Gasteiger partial charge in [-0.1, -0.05) is 27.7 Å². The molecule has 18 heavy (non-hydrogen) atoms. The molecule has 1 aromatic carbocycles. The Bertz CT molecular complexity index is 370. The van der Waals surface area contributed by atoms with Crippen molar-refractivity contribution in [3.05, 3.63) is 28.8 Å². The summed E-state index contributed by atoms with van der Waals surface area (Å²) in [6.45, 7) is 8.74. The molecule has 0 saturated heterocycles. The molecule has 0 aliphatic carbocycles. The fraction of sp³-hybridized carbons (Fsp3) is 0.600. The first kappa shape index (κ1) is 15.0. The Hall–Kier alpha value is -1.06. The molecule has 3 nitrogen and oxygen atoms in total. The average Bonchev–Trinajstić information content (AvgIpc) is 2.35. The number of hydrogen-bond acceptors (Lipinski definition) is 3. The van der Waals surface area contributed by atoms with Crippen LogP contribution in [-0.2, 0) is 0 Å². The fourth-order valence-corrected chi connectivity index (χ4v) is 2.12. The lowest BCUT2D eigenvalue weighted by Crippen LogP contribution is -2.13. The van der Waals surface area contributed by atoms with Crippen LogP contribution < -0.4 is 10.5 Å². The molecule has 0 saturated carbocycles. The summed E-state index contributed by atoms with van der Waals surface area (Å²) in [5, 5.41) is 9.94. The summed E-state index contributed by atoms with van der Waals surface area (Å²) in [5.74, 6) is 1.64. The number of ether oxygens (including phenoxy) is 1. The van der Waals surface area contributed by atoms with Gasteiger partial charge in [0.1, 0.15) is 5.75 Å². The van der Waals surface area contributed by atoms with E-state index in [4.69, 9.17) is 10.5 Å². The minimum absolute atomic E-state index is 0.237. The van der Waals surface area contributed by atoms with E-state index in [2.05, 4.69) is 27.7 Å². The Labute approximate surface area is 110 Å². The number of aliphatic hydroxyl groups excluding tert-OH is 1. The summed E-state index contributed by atoms with van der Waals surface area (Å²) < 4.78 is 5.55. The average molecular weight is 251 g/mol. The highest BCUT2D eigenvalue weighted by Gasteiger charge is 2.18. The Kier molecular flexibility index (Phi) is 5.17. The van der Waals surface area contributed by atoms with Crippen LogP contribution in [-0.4, -0.2) is 18.8 Å². The first-order valence-electron chi connectivity index (χ1n) is 6.52. The molecule has 0 amide bonds. The number of hydrogen-bond donors (Lipinski definition) is 2. The van der Waals surface area contributed by atoms with E-state index < -0.39 is 6.10 Å². The minimum atomic E-state index is -0.606. The second-order valence-corrected chi connectivity index (χ2v) is 5.29. The van der Waals surface area contributed by atoms with Gasteiger partial charge < -0.3 is 15.6 Å². The maximum Gasteiger partial charge on any atom is 0.125 e. The van der Waals surface area contributed by atoms with Crippen LogP contribution in [0.4, 0.5) is 0 Å². The maximum atomic E-state index is 9.94. The van der Waals surface area contributed by atoms with E-state index in [9.17, 15) is 5.11 Å². The zero-order chi connectivity index (χ0) is 13.9. The van der Waals surface area contributed by atoms with Gasteiger partial charge in [-0.25, -0.2) is 0 Å². The zero-order valence-corrected chi connectivity index (χ0v) is 12.0. The van der Waals surface area contributed by atoms with Gasteiger partial charge in [0.25, 0.3) is 0 Å². The van der Waals surface area contributed by atoms with Crippen molar-refractivity contribution >= 4 is 0 Å². The molecule has 0 heterocycles. The molecular formula is C15H25NO2. The molecular weight excluding hydrogens is 226 g/mol. The van der Waals surface area contributed by atoms with Crippen molar-refractivity contribution in [2.45, 2.75) is 45.6 Å². The molecule has 0 aliphatic heterocycles. The van der Waals surface area contributed by atoms with Gasteiger partial charge in [-0.15, -0.1) is 0 Å². The van der Waals surface area contributed by atoms with Crippen molar-refractivity contribution in [2.75, 3.05) is 13.7 Å². The SMILES string of the molecule is COc1c(C(C)C)cc(C(O)CN)cc1C(C)C. The van der Waals surface area contributed by atoms with E-state index in [0.717, 1.165) is 22.4 Å². The number of nitrogens with two attached hydrogens (primary N) is 1. The van der Waals surface area contributed by atoms with E-state index in [1.54, 1.807) is 7.11 Å². The molecule has 1 rings (SSSR count). The molecule has 0 spiro atoms. The third-order valence-electron chi connectivity index (χ3n) is 3.22. The van der Waals surface area contributed by atoms with Crippen LogP contribution in [0.5, 0.6) is 5.75 Å². The first-order valence-corrected chi connectivity index (χ1v) is 6.52. The van der Waals surface area contributed by atoms with Crippen molar-refractivity contribution < 1.29 is 9.84 Å². The molecule has 1 unspecified atom stereocenters. The largest absolute Gasteiger partial charge is 0.496 e. The smallest absolute Gasteiger partial charge is 0.125 e. The summed E-state index contributed by atoms with van der Waals surface area (Å²) in [4.78, 5) is 0. The summed E-state index contributed by atoms with van der Waals surface area (Å²) in [6, 6.07) is 4.01. The molecule has 0 aromatic heterocycles. The Balaban J connectivity index is 3.43. The Morgan fingerprint density at radius 1 is 1.11 bits per heavy atom. The summed E-state index contributed by atoms with van der Waals surface area (Å²) in [7, 11) is 1.70. The maximum absolute atomic E-state index is 9.94. The topological polar surface area (TPSA) is 55.5 Å². The predicted octanol–water partition coefficient (Wildman–Crippen LogP) is 2.93. The van der Waals surface area contributed by atoms with Crippen LogP contribution in [0.15, 0.2) is 12.1 Å². The second-order valence-electron chi connectivity index (χ2n) is 5.29. The monoisotopic (exact) mass is 251 g/mol. The lowest BCUT2D eigenvalue weighted by Gasteiger charge is -2.21. The van der Waals surface area contributed by atoms with Gasteiger partial charge in [0.2, 0.25) is 0 Å². The normalized spacial score (nSPS) is 13.2. The highest BCUT2D eigenvalue weighted by Crippen LogP contribution is 2.36. The van der Waals surface area contributed by atoms with Gasteiger partial charge in [0.15, 0.2) is 0 Å². The van der Waals surface area contributed by atoms with Gasteiger partial charge in [-0.2, -0.15) is 0 Å². The molecule has 3 heteroatoms. The molecule has 3 N–H and O–H groups in total. The third-order valence-corrected chi connectivity index (χ3v) is 3.22. The van der Waals surface area contributed by atoms with E-state index in [-0.39, 0.29) is 6.54 Å². The second kappa shape index (κ2) is 6.21. The van der Waals surface area contributed by atoms with E-state index in [0.29, 0.717) is 11.8 Å². The zero-order valence-electron chi connectivity index (χ0n) is 12.0. The molecule has 0 radical (unpaired) electrons. The van der Waals surface area contributed by atoms with Crippen LogP contribution in [0.2, 0.25) is 0 Å². The van der Waals surface area contributed by atoms with Crippen LogP contribution in [0.25, 0.3) is 0 Å². The number of rotatable bonds is 5. The van der Waals surface area contributed by atoms with Crippen LogP contribution in [0.1, 0.15) is 62.3 Å².